The van der Waals surface area contributed by atoms with Crippen LogP contribution in [0, 0.1) is 12.9 Å². The molecule has 4 rings (SSSR count). The van der Waals surface area contributed by atoms with Crippen molar-refractivity contribution in [3.63, 3.8) is 0 Å². The molecule has 0 aliphatic heterocycles. The molecule has 0 aliphatic rings. The molecule has 3 heterocycles. The van der Waals surface area contributed by atoms with E-state index in [9.17, 15) is 9.18 Å². The summed E-state index contributed by atoms with van der Waals surface area (Å²) in [7, 11) is 7.59. The number of halogens is 1. The minimum atomic E-state index is -0.583. The number of rotatable bonds is 1. The van der Waals surface area contributed by atoms with Crippen molar-refractivity contribution in [3.8, 4) is 5.69 Å². The standard InChI is InChI=1S/C17H12BFN4O/c1-9-5-15(19)21-7-13(9)23-16-11-6-10(18)3-4-12(11)20-8-14(16)22(2)17(23)24/h3-8H,1-2H3. The predicted molar refractivity (Wildman–Crippen MR) is 91.7 cm³/mol. The van der Waals surface area contributed by atoms with Gasteiger partial charge in [0.25, 0.3) is 0 Å². The van der Waals surface area contributed by atoms with Gasteiger partial charge in [0.05, 0.1) is 34.6 Å². The summed E-state index contributed by atoms with van der Waals surface area (Å²) < 4.78 is 16.4. The molecule has 0 atom stereocenters. The van der Waals surface area contributed by atoms with Crippen LogP contribution in [-0.4, -0.2) is 26.9 Å². The predicted octanol–water partition coefficient (Wildman–Crippen LogP) is 1.51. The van der Waals surface area contributed by atoms with Crippen LogP contribution < -0.4 is 11.2 Å². The van der Waals surface area contributed by atoms with Crippen molar-refractivity contribution in [2.75, 3.05) is 0 Å². The maximum atomic E-state index is 13.4. The average molecular weight is 318 g/mol. The lowest BCUT2D eigenvalue weighted by Crippen LogP contribution is -2.21. The highest BCUT2D eigenvalue weighted by atomic mass is 19.1. The minimum absolute atomic E-state index is 0.252. The number of nitrogens with zero attached hydrogens (tertiary/aromatic N) is 4. The number of imidazole rings is 1. The maximum Gasteiger partial charge on any atom is 0.333 e. The Labute approximate surface area is 137 Å². The summed E-state index contributed by atoms with van der Waals surface area (Å²) in [5.74, 6) is -0.583. The third-order valence-corrected chi connectivity index (χ3v) is 4.20. The van der Waals surface area contributed by atoms with E-state index < -0.39 is 5.95 Å². The molecule has 116 valence electrons. The van der Waals surface area contributed by atoms with E-state index in [0.29, 0.717) is 27.7 Å². The zero-order chi connectivity index (χ0) is 17.0. The lowest BCUT2D eigenvalue weighted by molar-refractivity contribution is 0.581. The summed E-state index contributed by atoms with van der Waals surface area (Å²) in [6.07, 6.45) is 3.02. The zero-order valence-corrected chi connectivity index (χ0v) is 13.1. The second-order valence-corrected chi connectivity index (χ2v) is 5.74. The fourth-order valence-corrected chi connectivity index (χ4v) is 2.99. The minimum Gasteiger partial charge on any atom is -0.293 e. The first-order valence-corrected chi connectivity index (χ1v) is 7.35. The molecule has 0 amide bonds. The van der Waals surface area contributed by atoms with Crippen LogP contribution in [0.25, 0.3) is 27.6 Å². The van der Waals surface area contributed by atoms with Crippen LogP contribution >= 0.6 is 0 Å². The summed E-state index contributed by atoms with van der Waals surface area (Å²) in [6, 6.07) is 6.66. The molecule has 0 saturated heterocycles. The molecule has 0 N–H and O–H groups in total. The lowest BCUT2D eigenvalue weighted by Gasteiger charge is -2.09. The summed E-state index contributed by atoms with van der Waals surface area (Å²) in [6.45, 7) is 1.74. The van der Waals surface area contributed by atoms with E-state index in [2.05, 4.69) is 9.97 Å². The molecule has 0 unspecified atom stereocenters. The van der Waals surface area contributed by atoms with Crippen molar-refractivity contribution in [1.82, 2.24) is 19.1 Å². The molecule has 0 saturated carbocycles. The van der Waals surface area contributed by atoms with E-state index in [4.69, 9.17) is 7.85 Å². The molecule has 0 bridgehead atoms. The quantitative estimate of drug-likeness (QED) is 0.395. The van der Waals surface area contributed by atoms with Crippen LogP contribution in [0.1, 0.15) is 5.56 Å². The van der Waals surface area contributed by atoms with E-state index in [0.717, 1.165) is 10.9 Å². The van der Waals surface area contributed by atoms with E-state index >= 15 is 0 Å². The Kier molecular flexibility index (Phi) is 3.06. The average Bonchev–Trinajstić information content (AvgIpc) is 2.80. The Morgan fingerprint density at radius 1 is 1.17 bits per heavy atom. The van der Waals surface area contributed by atoms with Crippen LogP contribution in [0.15, 0.2) is 41.5 Å². The Hall–Kier alpha value is -2.96. The second kappa shape index (κ2) is 5.02. The Morgan fingerprint density at radius 2 is 1.96 bits per heavy atom. The molecule has 7 heteroatoms. The van der Waals surface area contributed by atoms with Gasteiger partial charge in [-0.05, 0) is 24.6 Å². The first-order chi connectivity index (χ1) is 11.5. The molecule has 1 aromatic carbocycles. The second-order valence-electron chi connectivity index (χ2n) is 5.74. The van der Waals surface area contributed by atoms with Gasteiger partial charge in [-0.2, -0.15) is 4.39 Å². The Balaban J connectivity index is 2.24. The SMILES string of the molecule is [B]c1ccc2ncc3c(c2c1)n(-c1cnc(F)cc1C)c(=O)n3C. The summed E-state index contributed by atoms with van der Waals surface area (Å²) in [4.78, 5) is 20.9. The number of aryl methyl sites for hydroxylation is 2. The normalized spacial score (nSPS) is 11.5. The molecule has 0 spiro atoms. The van der Waals surface area contributed by atoms with E-state index in [-0.39, 0.29) is 5.69 Å². The third kappa shape index (κ3) is 1.97. The Bertz CT molecular complexity index is 1180. The number of benzene rings is 1. The van der Waals surface area contributed by atoms with E-state index in [1.807, 2.05) is 6.07 Å². The van der Waals surface area contributed by atoms with Crippen molar-refractivity contribution in [2.45, 2.75) is 6.92 Å². The first kappa shape index (κ1) is 14.6. The molecule has 0 aliphatic carbocycles. The monoisotopic (exact) mass is 318 g/mol. The van der Waals surface area contributed by atoms with Crippen molar-refractivity contribution in [1.29, 1.82) is 0 Å². The number of aromatic nitrogens is 4. The van der Waals surface area contributed by atoms with Gasteiger partial charge < -0.3 is 0 Å². The van der Waals surface area contributed by atoms with Gasteiger partial charge in [-0.25, -0.2) is 9.78 Å². The van der Waals surface area contributed by atoms with Crippen molar-refractivity contribution in [3.05, 3.63) is 58.7 Å². The van der Waals surface area contributed by atoms with E-state index in [1.165, 1.54) is 21.4 Å². The zero-order valence-electron chi connectivity index (χ0n) is 13.1. The molecule has 3 aromatic heterocycles. The van der Waals surface area contributed by atoms with Gasteiger partial charge in [-0.3, -0.25) is 14.1 Å². The summed E-state index contributed by atoms with van der Waals surface area (Å²) >= 11 is 0. The van der Waals surface area contributed by atoms with Gasteiger partial charge in [0.15, 0.2) is 0 Å². The van der Waals surface area contributed by atoms with Crippen molar-refractivity contribution in [2.24, 2.45) is 7.05 Å². The number of hydrogen-bond acceptors (Lipinski definition) is 3. The van der Waals surface area contributed by atoms with Crippen LogP contribution in [0.2, 0.25) is 0 Å². The summed E-state index contributed by atoms with van der Waals surface area (Å²) in [5.41, 5.74) is 3.54. The van der Waals surface area contributed by atoms with Gasteiger partial charge in [-0.15, -0.1) is 0 Å². The first-order valence-electron chi connectivity index (χ1n) is 7.35. The lowest BCUT2D eigenvalue weighted by atomic mass is 9.94. The fourth-order valence-electron chi connectivity index (χ4n) is 2.99. The van der Waals surface area contributed by atoms with Gasteiger partial charge in [0.2, 0.25) is 5.95 Å². The number of hydrogen-bond donors (Lipinski definition) is 0. The highest BCUT2D eigenvalue weighted by Gasteiger charge is 2.17. The molecule has 4 aromatic rings. The highest BCUT2D eigenvalue weighted by Crippen LogP contribution is 2.25. The largest absolute Gasteiger partial charge is 0.333 e. The molecular weight excluding hydrogens is 306 g/mol. The van der Waals surface area contributed by atoms with Crippen molar-refractivity contribution >= 4 is 35.2 Å². The van der Waals surface area contributed by atoms with Crippen LogP contribution in [0.5, 0.6) is 0 Å². The van der Waals surface area contributed by atoms with Gasteiger partial charge >= 0.3 is 5.69 Å². The number of fused-ring (bicyclic) bond motifs is 3. The molecule has 24 heavy (non-hydrogen) atoms. The number of pyridine rings is 2. The molecule has 0 fully saturated rings. The van der Waals surface area contributed by atoms with Gasteiger partial charge in [-0.1, -0.05) is 17.6 Å². The van der Waals surface area contributed by atoms with Crippen LogP contribution in [0.4, 0.5) is 4.39 Å². The third-order valence-electron chi connectivity index (χ3n) is 4.20. The molecule has 2 radical (unpaired) electrons. The Morgan fingerprint density at radius 3 is 2.71 bits per heavy atom. The highest BCUT2D eigenvalue weighted by molar-refractivity contribution is 6.33. The van der Waals surface area contributed by atoms with E-state index in [1.54, 1.807) is 32.3 Å². The smallest absolute Gasteiger partial charge is 0.293 e. The van der Waals surface area contributed by atoms with Gasteiger partial charge in [0, 0.05) is 12.4 Å². The van der Waals surface area contributed by atoms with Crippen molar-refractivity contribution < 1.29 is 4.39 Å². The topological polar surface area (TPSA) is 52.7 Å². The summed E-state index contributed by atoms with van der Waals surface area (Å²) in [5, 5.41) is 0.758. The van der Waals surface area contributed by atoms with Gasteiger partial charge in [0.1, 0.15) is 7.85 Å². The molecular formula is C17H12BFN4O. The van der Waals surface area contributed by atoms with Crippen LogP contribution in [0.3, 0.4) is 0 Å². The fraction of sp³-hybridized carbons (Fsp3) is 0.118. The maximum absolute atomic E-state index is 13.4. The molecule has 5 nitrogen and oxygen atoms in total. The van der Waals surface area contributed by atoms with Crippen LogP contribution in [-0.2, 0) is 7.05 Å².